The van der Waals surface area contributed by atoms with Crippen LogP contribution >= 0.6 is 67.8 Å². The standard InChI is InChI=1S/C15H15I3O4/c16-9-5-10(14(18)11(17)6-9)15(21)22-12(7-13(19)20)8-3-1-2-4-8/h5-6,8,12H,1-4,7H2,(H,19,20). The summed E-state index contributed by atoms with van der Waals surface area (Å²) in [4.78, 5) is 23.6. The van der Waals surface area contributed by atoms with Gasteiger partial charge in [0, 0.05) is 10.7 Å². The molecule has 4 nitrogen and oxygen atoms in total. The van der Waals surface area contributed by atoms with E-state index >= 15 is 0 Å². The molecule has 1 aliphatic rings. The second-order valence-corrected chi connectivity index (χ2v) is 8.82. The maximum Gasteiger partial charge on any atom is 0.339 e. The van der Waals surface area contributed by atoms with Crippen molar-refractivity contribution in [3.05, 3.63) is 28.4 Å². The summed E-state index contributed by atoms with van der Waals surface area (Å²) in [6.07, 6.45) is 3.39. The Bertz CT molecular complexity index is 582. The molecule has 0 bridgehead atoms. The lowest BCUT2D eigenvalue weighted by Crippen LogP contribution is -2.28. The molecule has 0 spiro atoms. The first kappa shape index (κ1) is 18.7. The largest absolute Gasteiger partial charge is 0.481 e. The van der Waals surface area contributed by atoms with E-state index in [9.17, 15) is 9.59 Å². The zero-order chi connectivity index (χ0) is 16.3. The average Bonchev–Trinajstić information content (AvgIpc) is 2.95. The van der Waals surface area contributed by atoms with E-state index < -0.39 is 18.0 Å². The second kappa shape index (κ2) is 8.45. The molecular formula is C15H15I3O4. The predicted molar refractivity (Wildman–Crippen MR) is 108 cm³/mol. The van der Waals surface area contributed by atoms with Crippen molar-refractivity contribution < 1.29 is 19.4 Å². The fraction of sp³-hybridized carbons (Fsp3) is 0.467. The molecule has 0 saturated heterocycles. The van der Waals surface area contributed by atoms with Crippen molar-refractivity contribution in [3.63, 3.8) is 0 Å². The molecule has 22 heavy (non-hydrogen) atoms. The van der Waals surface area contributed by atoms with E-state index in [1.807, 2.05) is 6.07 Å². The zero-order valence-electron chi connectivity index (χ0n) is 11.7. The van der Waals surface area contributed by atoms with Gasteiger partial charge in [-0.2, -0.15) is 0 Å². The van der Waals surface area contributed by atoms with Gasteiger partial charge in [-0.05, 0) is 98.7 Å². The summed E-state index contributed by atoms with van der Waals surface area (Å²) in [7, 11) is 0. The van der Waals surface area contributed by atoms with Gasteiger partial charge in [0.25, 0.3) is 0 Å². The first-order chi connectivity index (χ1) is 10.4. The number of benzene rings is 1. The van der Waals surface area contributed by atoms with Gasteiger partial charge in [0.1, 0.15) is 6.10 Å². The molecule has 1 fully saturated rings. The molecule has 0 heterocycles. The monoisotopic (exact) mass is 640 g/mol. The van der Waals surface area contributed by atoms with E-state index in [2.05, 4.69) is 67.8 Å². The average molecular weight is 640 g/mol. The Morgan fingerprint density at radius 3 is 2.45 bits per heavy atom. The predicted octanol–water partition coefficient (Wildman–Crippen LogP) is 4.69. The summed E-state index contributed by atoms with van der Waals surface area (Å²) >= 11 is 6.48. The molecule has 1 saturated carbocycles. The molecule has 1 atom stereocenters. The molecule has 1 aliphatic carbocycles. The Morgan fingerprint density at radius 2 is 1.86 bits per heavy atom. The number of esters is 1. The normalized spacial score (nSPS) is 16.5. The number of carbonyl (C=O) groups excluding carboxylic acids is 1. The number of aliphatic carboxylic acids is 1. The number of hydrogen-bond acceptors (Lipinski definition) is 3. The Balaban J connectivity index is 2.18. The number of ether oxygens (including phenoxy) is 1. The van der Waals surface area contributed by atoms with Gasteiger partial charge in [0.15, 0.2) is 0 Å². The Hall–Kier alpha value is 0.350. The van der Waals surface area contributed by atoms with E-state index in [1.165, 1.54) is 0 Å². The highest BCUT2D eigenvalue weighted by Crippen LogP contribution is 2.32. The number of rotatable bonds is 5. The zero-order valence-corrected chi connectivity index (χ0v) is 18.1. The van der Waals surface area contributed by atoms with E-state index in [0.29, 0.717) is 5.56 Å². The van der Waals surface area contributed by atoms with Crippen LogP contribution in [0.3, 0.4) is 0 Å². The van der Waals surface area contributed by atoms with Crippen LogP contribution in [0.2, 0.25) is 0 Å². The lowest BCUT2D eigenvalue weighted by molar-refractivity contribution is -0.140. The van der Waals surface area contributed by atoms with E-state index in [-0.39, 0.29) is 12.3 Å². The van der Waals surface area contributed by atoms with Gasteiger partial charge in [0.2, 0.25) is 0 Å². The number of carbonyl (C=O) groups is 2. The highest BCUT2D eigenvalue weighted by atomic mass is 127. The third kappa shape index (κ3) is 4.92. The summed E-state index contributed by atoms with van der Waals surface area (Å²) < 4.78 is 8.40. The third-order valence-electron chi connectivity index (χ3n) is 3.77. The number of carboxylic acids is 1. The Kier molecular flexibility index (Phi) is 7.18. The number of carboxylic acid groups (broad SMARTS) is 1. The summed E-state index contributed by atoms with van der Waals surface area (Å²) in [5.74, 6) is -1.17. The van der Waals surface area contributed by atoms with Crippen molar-refractivity contribution in [2.24, 2.45) is 5.92 Å². The van der Waals surface area contributed by atoms with Gasteiger partial charge in [-0.1, -0.05) is 12.8 Å². The lowest BCUT2D eigenvalue weighted by Gasteiger charge is -2.22. The van der Waals surface area contributed by atoms with Gasteiger partial charge >= 0.3 is 11.9 Å². The maximum absolute atomic E-state index is 12.5. The Labute approximate surface area is 170 Å². The van der Waals surface area contributed by atoms with Crippen molar-refractivity contribution in [1.29, 1.82) is 0 Å². The maximum atomic E-state index is 12.5. The highest BCUT2D eigenvalue weighted by molar-refractivity contribution is 14.1. The van der Waals surface area contributed by atoms with Crippen LogP contribution in [0, 0.1) is 16.6 Å². The van der Waals surface area contributed by atoms with Crippen LogP contribution in [-0.2, 0) is 9.53 Å². The molecule has 1 unspecified atom stereocenters. The molecule has 2 rings (SSSR count). The number of hydrogen-bond donors (Lipinski definition) is 1. The smallest absolute Gasteiger partial charge is 0.339 e. The van der Waals surface area contributed by atoms with Crippen LogP contribution in [0.5, 0.6) is 0 Å². The molecule has 0 aromatic heterocycles. The van der Waals surface area contributed by atoms with Gasteiger partial charge in [-0.15, -0.1) is 0 Å². The minimum Gasteiger partial charge on any atom is -0.481 e. The van der Waals surface area contributed by atoms with Crippen molar-refractivity contribution in [1.82, 2.24) is 0 Å². The van der Waals surface area contributed by atoms with Crippen molar-refractivity contribution >= 4 is 79.7 Å². The second-order valence-electron chi connectivity index (χ2n) is 5.34. The minimum absolute atomic E-state index is 0.117. The first-order valence-corrected chi connectivity index (χ1v) is 10.2. The van der Waals surface area contributed by atoms with Crippen LogP contribution in [0.15, 0.2) is 12.1 Å². The quantitative estimate of drug-likeness (QED) is 0.289. The van der Waals surface area contributed by atoms with Crippen LogP contribution in [0.1, 0.15) is 42.5 Å². The van der Waals surface area contributed by atoms with Crippen molar-refractivity contribution in [2.45, 2.75) is 38.2 Å². The summed E-state index contributed by atoms with van der Waals surface area (Å²) in [6, 6.07) is 3.78. The fourth-order valence-corrected chi connectivity index (χ4v) is 5.09. The summed E-state index contributed by atoms with van der Waals surface area (Å²) in [5, 5.41) is 9.08. The minimum atomic E-state index is -0.920. The van der Waals surface area contributed by atoms with Gasteiger partial charge in [-0.25, -0.2) is 4.79 Å². The third-order valence-corrected chi connectivity index (χ3v) is 7.44. The molecule has 120 valence electrons. The topological polar surface area (TPSA) is 63.6 Å². The molecule has 7 heteroatoms. The fourth-order valence-electron chi connectivity index (χ4n) is 2.71. The molecule has 0 amide bonds. The van der Waals surface area contributed by atoms with E-state index in [1.54, 1.807) is 6.07 Å². The van der Waals surface area contributed by atoms with Crippen LogP contribution in [-0.4, -0.2) is 23.1 Å². The van der Waals surface area contributed by atoms with Crippen LogP contribution < -0.4 is 0 Å². The van der Waals surface area contributed by atoms with Crippen molar-refractivity contribution in [2.75, 3.05) is 0 Å². The van der Waals surface area contributed by atoms with Gasteiger partial charge < -0.3 is 9.84 Å². The number of halogens is 3. The highest BCUT2D eigenvalue weighted by Gasteiger charge is 2.31. The Morgan fingerprint density at radius 1 is 1.23 bits per heavy atom. The van der Waals surface area contributed by atoms with Crippen LogP contribution in [0.25, 0.3) is 0 Å². The van der Waals surface area contributed by atoms with E-state index in [0.717, 1.165) is 36.4 Å². The molecule has 1 aromatic rings. The molecule has 1 aromatic carbocycles. The summed E-state index contributed by atoms with van der Waals surface area (Å²) in [5.41, 5.74) is 0.519. The van der Waals surface area contributed by atoms with E-state index in [4.69, 9.17) is 9.84 Å². The molecule has 0 radical (unpaired) electrons. The molecular weight excluding hydrogens is 625 g/mol. The first-order valence-electron chi connectivity index (χ1n) is 6.95. The van der Waals surface area contributed by atoms with Crippen molar-refractivity contribution in [3.8, 4) is 0 Å². The SMILES string of the molecule is O=C(O)CC(OC(=O)c1cc(I)cc(I)c1I)C1CCCC1. The van der Waals surface area contributed by atoms with Gasteiger partial charge in [0.05, 0.1) is 12.0 Å². The molecule has 1 N–H and O–H groups in total. The van der Waals surface area contributed by atoms with Crippen LogP contribution in [0.4, 0.5) is 0 Å². The lowest BCUT2D eigenvalue weighted by atomic mass is 9.98. The van der Waals surface area contributed by atoms with Gasteiger partial charge in [-0.3, -0.25) is 4.79 Å². The summed E-state index contributed by atoms with van der Waals surface area (Å²) in [6.45, 7) is 0. The molecule has 0 aliphatic heterocycles.